The second kappa shape index (κ2) is 6.54. The Morgan fingerprint density at radius 1 is 1.16 bits per heavy atom. The maximum Gasteiger partial charge on any atom is 0.410 e. The Balaban J connectivity index is 1.94. The molecule has 0 aromatic heterocycles. The monoisotopic (exact) mass is 265 g/mol. The lowest BCUT2D eigenvalue weighted by Crippen LogP contribution is -2.44. The van der Waals surface area contributed by atoms with Crippen LogP contribution >= 0.6 is 0 Å². The molecule has 1 heterocycles. The summed E-state index contributed by atoms with van der Waals surface area (Å²) in [6.45, 7) is 0.000342. The molecule has 2 N–H and O–H groups in total. The Kier molecular flexibility index (Phi) is 4.76. The van der Waals surface area contributed by atoms with Gasteiger partial charge in [0.05, 0.1) is 25.3 Å². The lowest BCUT2D eigenvalue weighted by atomic mass is 10.2. The van der Waals surface area contributed by atoms with E-state index in [4.69, 9.17) is 4.74 Å². The molecule has 1 aromatic carbocycles. The van der Waals surface area contributed by atoms with Gasteiger partial charge in [-0.05, 0) is 18.4 Å². The third-order valence-corrected chi connectivity index (χ3v) is 3.46. The van der Waals surface area contributed by atoms with Gasteiger partial charge in [-0.25, -0.2) is 4.79 Å². The lowest BCUT2D eigenvalue weighted by Gasteiger charge is -2.27. The van der Waals surface area contributed by atoms with Crippen LogP contribution < -0.4 is 0 Å². The number of carbonyl (C=O) groups excluding carboxylic acids is 1. The van der Waals surface area contributed by atoms with Crippen LogP contribution in [0.4, 0.5) is 4.79 Å². The van der Waals surface area contributed by atoms with Gasteiger partial charge in [0.1, 0.15) is 6.61 Å². The maximum absolute atomic E-state index is 12.0. The van der Waals surface area contributed by atoms with Gasteiger partial charge in [0.15, 0.2) is 0 Å². The van der Waals surface area contributed by atoms with Crippen molar-refractivity contribution >= 4 is 6.09 Å². The summed E-state index contributed by atoms with van der Waals surface area (Å²) in [7, 11) is 0. The highest BCUT2D eigenvalue weighted by Crippen LogP contribution is 2.24. The Morgan fingerprint density at radius 3 is 2.26 bits per heavy atom. The number of ether oxygens (including phenoxy) is 1. The van der Waals surface area contributed by atoms with E-state index in [-0.39, 0.29) is 31.9 Å². The van der Waals surface area contributed by atoms with Crippen LogP contribution in [0.3, 0.4) is 0 Å². The molecule has 0 aliphatic carbocycles. The molecule has 1 aliphatic rings. The molecule has 2 atom stereocenters. The zero-order valence-electron chi connectivity index (χ0n) is 10.7. The average Bonchev–Trinajstić information content (AvgIpc) is 2.89. The fourth-order valence-corrected chi connectivity index (χ4v) is 2.41. The molecule has 1 amide bonds. The first kappa shape index (κ1) is 13.8. The summed E-state index contributed by atoms with van der Waals surface area (Å²) < 4.78 is 5.24. The highest BCUT2D eigenvalue weighted by molar-refractivity contribution is 5.69. The van der Waals surface area contributed by atoms with Crippen molar-refractivity contribution in [3.63, 3.8) is 0 Å². The van der Waals surface area contributed by atoms with Crippen LogP contribution in [0, 0.1) is 0 Å². The SMILES string of the molecule is O=C(OCc1ccccc1)N1[C@H](CO)CC[C@H]1CO. The fourth-order valence-electron chi connectivity index (χ4n) is 2.41. The third-order valence-electron chi connectivity index (χ3n) is 3.46. The van der Waals surface area contributed by atoms with Gasteiger partial charge in [-0.15, -0.1) is 0 Å². The summed E-state index contributed by atoms with van der Waals surface area (Å²) >= 11 is 0. The molecule has 0 spiro atoms. The normalized spacial score (nSPS) is 22.5. The van der Waals surface area contributed by atoms with Gasteiger partial charge >= 0.3 is 6.09 Å². The summed E-state index contributed by atoms with van der Waals surface area (Å²) in [6.07, 6.45) is 0.920. The predicted molar refractivity (Wildman–Crippen MR) is 69.4 cm³/mol. The molecule has 0 unspecified atom stereocenters. The Morgan fingerprint density at radius 2 is 1.74 bits per heavy atom. The topological polar surface area (TPSA) is 70.0 Å². The summed E-state index contributed by atoms with van der Waals surface area (Å²) in [6, 6.07) is 8.92. The molecule has 5 heteroatoms. The van der Waals surface area contributed by atoms with E-state index in [1.807, 2.05) is 30.3 Å². The number of hydrogen-bond acceptors (Lipinski definition) is 4. The number of aliphatic hydroxyl groups excluding tert-OH is 2. The quantitative estimate of drug-likeness (QED) is 0.856. The van der Waals surface area contributed by atoms with E-state index in [0.29, 0.717) is 12.8 Å². The highest BCUT2D eigenvalue weighted by Gasteiger charge is 2.37. The van der Waals surface area contributed by atoms with E-state index in [0.717, 1.165) is 5.56 Å². The summed E-state index contributed by atoms with van der Waals surface area (Å²) in [5, 5.41) is 18.5. The molecule has 104 valence electrons. The number of rotatable bonds is 4. The number of carbonyl (C=O) groups is 1. The van der Waals surface area contributed by atoms with Crippen LogP contribution in [-0.2, 0) is 11.3 Å². The minimum absolute atomic E-state index is 0.100. The number of amides is 1. The van der Waals surface area contributed by atoms with E-state index in [9.17, 15) is 15.0 Å². The second-order valence-electron chi connectivity index (χ2n) is 4.70. The molecule has 1 aliphatic heterocycles. The zero-order valence-corrected chi connectivity index (χ0v) is 10.7. The van der Waals surface area contributed by atoms with Gasteiger partial charge in [-0.2, -0.15) is 0 Å². The zero-order chi connectivity index (χ0) is 13.7. The Hall–Kier alpha value is -1.59. The minimum Gasteiger partial charge on any atom is -0.445 e. The first-order valence-corrected chi connectivity index (χ1v) is 6.47. The van der Waals surface area contributed by atoms with E-state index < -0.39 is 6.09 Å². The molecule has 0 radical (unpaired) electrons. The smallest absolute Gasteiger partial charge is 0.410 e. The predicted octanol–water partition coefficient (Wildman–Crippen LogP) is 1.14. The highest BCUT2D eigenvalue weighted by atomic mass is 16.6. The van der Waals surface area contributed by atoms with Crippen molar-refractivity contribution in [3.8, 4) is 0 Å². The number of benzene rings is 1. The van der Waals surface area contributed by atoms with Gasteiger partial charge in [-0.3, -0.25) is 4.90 Å². The van der Waals surface area contributed by atoms with Gasteiger partial charge in [0, 0.05) is 0 Å². The van der Waals surface area contributed by atoms with E-state index >= 15 is 0 Å². The van der Waals surface area contributed by atoms with E-state index in [1.54, 1.807) is 0 Å². The van der Waals surface area contributed by atoms with Crippen LogP contribution in [0.5, 0.6) is 0 Å². The van der Waals surface area contributed by atoms with Crippen LogP contribution in [0.2, 0.25) is 0 Å². The van der Waals surface area contributed by atoms with Crippen LogP contribution in [0.25, 0.3) is 0 Å². The Bertz CT molecular complexity index is 397. The number of nitrogens with zero attached hydrogens (tertiary/aromatic N) is 1. The van der Waals surface area contributed by atoms with Crippen molar-refractivity contribution in [3.05, 3.63) is 35.9 Å². The fraction of sp³-hybridized carbons (Fsp3) is 0.500. The van der Waals surface area contributed by atoms with Crippen LogP contribution in [0.15, 0.2) is 30.3 Å². The summed E-state index contributed by atoms with van der Waals surface area (Å²) in [5.41, 5.74) is 0.913. The molecule has 1 fully saturated rings. The average molecular weight is 265 g/mol. The van der Waals surface area contributed by atoms with Crippen molar-refractivity contribution in [2.75, 3.05) is 13.2 Å². The number of hydrogen-bond donors (Lipinski definition) is 2. The van der Waals surface area contributed by atoms with Gasteiger partial charge in [-0.1, -0.05) is 30.3 Å². The molecule has 1 aromatic rings. The summed E-state index contributed by atoms with van der Waals surface area (Å²) in [4.78, 5) is 13.5. The first-order chi connectivity index (χ1) is 9.26. The van der Waals surface area contributed by atoms with Crippen molar-refractivity contribution in [1.82, 2.24) is 4.90 Å². The van der Waals surface area contributed by atoms with Crippen molar-refractivity contribution < 1.29 is 19.7 Å². The van der Waals surface area contributed by atoms with Crippen molar-refractivity contribution in [2.24, 2.45) is 0 Å². The minimum atomic E-state index is -0.473. The molecule has 5 nitrogen and oxygen atoms in total. The van der Waals surface area contributed by atoms with Crippen molar-refractivity contribution in [1.29, 1.82) is 0 Å². The molecular weight excluding hydrogens is 246 g/mol. The van der Waals surface area contributed by atoms with E-state index in [1.165, 1.54) is 4.90 Å². The summed E-state index contributed by atoms with van der Waals surface area (Å²) in [5.74, 6) is 0. The largest absolute Gasteiger partial charge is 0.445 e. The van der Waals surface area contributed by atoms with Gasteiger partial charge in [0.2, 0.25) is 0 Å². The third kappa shape index (κ3) is 3.24. The van der Waals surface area contributed by atoms with Crippen LogP contribution in [0.1, 0.15) is 18.4 Å². The van der Waals surface area contributed by atoms with Crippen LogP contribution in [-0.4, -0.2) is 46.5 Å². The van der Waals surface area contributed by atoms with Gasteiger partial charge < -0.3 is 14.9 Å². The molecule has 0 saturated carbocycles. The molecule has 0 bridgehead atoms. The van der Waals surface area contributed by atoms with E-state index in [2.05, 4.69) is 0 Å². The molecule has 2 rings (SSSR count). The van der Waals surface area contributed by atoms with Crippen molar-refractivity contribution in [2.45, 2.75) is 31.5 Å². The standard InChI is InChI=1S/C14H19NO4/c16-8-12-6-7-13(9-17)15(12)14(18)19-10-11-4-2-1-3-5-11/h1-5,12-13,16-17H,6-10H2/t12-,13-/m0/s1. The van der Waals surface area contributed by atoms with Gasteiger partial charge in [0.25, 0.3) is 0 Å². The lowest BCUT2D eigenvalue weighted by molar-refractivity contribution is 0.0528. The molecule has 1 saturated heterocycles. The molecular formula is C14H19NO4. The maximum atomic E-state index is 12.0. The Labute approximate surface area is 112 Å². The molecule has 19 heavy (non-hydrogen) atoms. The first-order valence-electron chi connectivity index (χ1n) is 6.47. The second-order valence-corrected chi connectivity index (χ2v) is 4.70. The number of likely N-dealkylation sites (tertiary alicyclic amines) is 1. The number of aliphatic hydroxyl groups is 2.